The fourth-order valence-electron chi connectivity index (χ4n) is 1.66. The summed E-state index contributed by atoms with van der Waals surface area (Å²) in [6.07, 6.45) is 2.66. The van der Waals surface area contributed by atoms with Crippen LogP contribution in [-0.4, -0.2) is 12.1 Å². The van der Waals surface area contributed by atoms with Crippen molar-refractivity contribution in [2.45, 2.75) is 13.3 Å². The lowest BCUT2D eigenvalue weighted by Gasteiger charge is -1.99. The van der Waals surface area contributed by atoms with E-state index in [0.29, 0.717) is 5.56 Å². The Balaban J connectivity index is 1.94. The maximum Gasteiger partial charge on any atom is 0.271 e. The van der Waals surface area contributed by atoms with Crippen LogP contribution in [0.4, 0.5) is 0 Å². The Morgan fingerprint density at radius 1 is 1.11 bits per heavy atom. The number of hydrogen-bond donors (Lipinski definition) is 1. The summed E-state index contributed by atoms with van der Waals surface area (Å²) in [4.78, 5) is 11.7. The molecule has 3 heteroatoms. The van der Waals surface area contributed by atoms with Crippen LogP contribution >= 0.6 is 0 Å². The number of nitrogens with one attached hydrogen (secondary N) is 1. The average Bonchev–Trinajstić information content (AvgIpc) is 2.49. The molecule has 0 bridgehead atoms. The van der Waals surface area contributed by atoms with Crippen LogP contribution in [0.15, 0.2) is 59.7 Å². The molecule has 0 unspecified atom stereocenters. The first-order valence-electron chi connectivity index (χ1n) is 6.27. The Labute approximate surface area is 113 Å². The lowest BCUT2D eigenvalue weighted by Crippen LogP contribution is -2.17. The fraction of sp³-hybridized carbons (Fsp3) is 0.125. The number of carbonyl (C=O) groups is 1. The molecule has 0 atom stereocenters. The zero-order valence-electron chi connectivity index (χ0n) is 10.8. The molecule has 0 saturated heterocycles. The number of benzene rings is 2. The zero-order chi connectivity index (χ0) is 13.5. The molecule has 2 aromatic carbocycles. The van der Waals surface area contributed by atoms with Gasteiger partial charge in [-0.2, -0.15) is 5.10 Å². The first-order chi connectivity index (χ1) is 9.29. The van der Waals surface area contributed by atoms with Crippen molar-refractivity contribution in [1.29, 1.82) is 0 Å². The highest BCUT2D eigenvalue weighted by Crippen LogP contribution is 2.03. The molecule has 0 radical (unpaired) electrons. The van der Waals surface area contributed by atoms with E-state index < -0.39 is 0 Å². The van der Waals surface area contributed by atoms with Crippen LogP contribution in [0.5, 0.6) is 0 Å². The van der Waals surface area contributed by atoms with Gasteiger partial charge in [0.2, 0.25) is 0 Å². The topological polar surface area (TPSA) is 41.5 Å². The van der Waals surface area contributed by atoms with E-state index in [9.17, 15) is 4.79 Å². The number of nitrogens with zero attached hydrogens (tertiary/aromatic N) is 1. The van der Waals surface area contributed by atoms with Gasteiger partial charge in [-0.3, -0.25) is 4.79 Å². The summed E-state index contributed by atoms with van der Waals surface area (Å²) >= 11 is 0. The lowest BCUT2D eigenvalue weighted by atomic mass is 10.1. The van der Waals surface area contributed by atoms with E-state index in [2.05, 4.69) is 29.6 Å². The van der Waals surface area contributed by atoms with Crippen LogP contribution in [0.1, 0.15) is 28.4 Å². The first-order valence-corrected chi connectivity index (χ1v) is 6.27. The molecule has 1 amide bonds. The molecule has 0 saturated carbocycles. The summed E-state index contributed by atoms with van der Waals surface area (Å²) in [6, 6.07) is 17.1. The van der Waals surface area contributed by atoms with Gasteiger partial charge in [0.25, 0.3) is 5.91 Å². The van der Waals surface area contributed by atoms with Crippen molar-refractivity contribution in [1.82, 2.24) is 5.43 Å². The number of carbonyl (C=O) groups excluding carboxylic acids is 1. The molecule has 0 spiro atoms. The molecule has 96 valence electrons. The molecule has 2 aromatic rings. The van der Waals surface area contributed by atoms with E-state index in [1.165, 1.54) is 5.56 Å². The molecule has 0 aliphatic heterocycles. The van der Waals surface area contributed by atoms with Crippen LogP contribution in [0, 0.1) is 0 Å². The molecule has 3 nitrogen and oxygen atoms in total. The van der Waals surface area contributed by atoms with Crippen molar-refractivity contribution in [2.24, 2.45) is 5.10 Å². The van der Waals surface area contributed by atoms with Crippen molar-refractivity contribution < 1.29 is 4.79 Å². The van der Waals surface area contributed by atoms with Crippen LogP contribution < -0.4 is 5.43 Å². The minimum atomic E-state index is -0.206. The maximum atomic E-state index is 11.7. The van der Waals surface area contributed by atoms with E-state index in [1.54, 1.807) is 18.3 Å². The SMILES string of the molecule is CCc1ccc(/C=N/NC(=O)c2ccccc2)cc1. The van der Waals surface area contributed by atoms with Gasteiger partial charge in [0, 0.05) is 5.56 Å². The standard InChI is InChI=1S/C16H16N2O/c1-2-13-8-10-14(11-9-13)12-17-18-16(19)15-6-4-3-5-7-15/h3-12H,2H2,1H3,(H,18,19)/b17-12+. The van der Waals surface area contributed by atoms with Gasteiger partial charge in [0.15, 0.2) is 0 Å². The summed E-state index contributed by atoms with van der Waals surface area (Å²) in [7, 11) is 0. The number of aryl methyl sites for hydroxylation is 1. The minimum Gasteiger partial charge on any atom is -0.267 e. The van der Waals surface area contributed by atoms with E-state index in [4.69, 9.17) is 0 Å². The smallest absolute Gasteiger partial charge is 0.267 e. The van der Waals surface area contributed by atoms with E-state index in [-0.39, 0.29) is 5.91 Å². The van der Waals surface area contributed by atoms with Gasteiger partial charge in [-0.15, -0.1) is 0 Å². The maximum absolute atomic E-state index is 11.7. The summed E-state index contributed by atoms with van der Waals surface area (Å²) in [6.45, 7) is 2.11. The minimum absolute atomic E-state index is 0.206. The molecule has 19 heavy (non-hydrogen) atoms. The highest BCUT2D eigenvalue weighted by atomic mass is 16.2. The quantitative estimate of drug-likeness (QED) is 0.659. The highest BCUT2D eigenvalue weighted by molar-refractivity contribution is 5.94. The van der Waals surface area contributed by atoms with Crippen molar-refractivity contribution in [2.75, 3.05) is 0 Å². The third kappa shape index (κ3) is 3.78. The Morgan fingerprint density at radius 2 is 1.79 bits per heavy atom. The Morgan fingerprint density at radius 3 is 2.42 bits per heavy atom. The normalized spacial score (nSPS) is 10.6. The third-order valence-corrected chi connectivity index (χ3v) is 2.80. The van der Waals surface area contributed by atoms with E-state index in [1.807, 2.05) is 30.3 Å². The van der Waals surface area contributed by atoms with E-state index >= 15 is 0 Å². The second-order valence-electron chi connectivity index (χ2n) is 4.16. The van der Waals surface area contributed by atoms with Crippen LogP contribution in [0.25, 0.3) is 0 Å². The molecule has 0 fully saturated rings. The van der Waals surface area contributed by atoms with Crippen molar-refractivity contribution in [3.8, 4) is 0 Å². The van der Waals surface area contributed by atoms with E-state index in [0.717, 1.165) is 12.0 Å². The van der Waals surface area contributed by atoms with Crippen molar-refractivity contribution >= 4 is 12.1 Å². The molecule has 2 rings (SSSR count). The zero-order valence-corrected chi connectivity index (χ0v) is 10.8. The number of rotatable bonds is 4. The summed E-state index contributed by atoms with van der Waals surface area (Å²) in [5, 5.41) is 3.95. The summed E-state index contributed by atoms with van der Waals surface area (Å²) in [5.41, 5.74) is 5.35. The monoisotopic (exact) mass is 252 g/mol. The van der Waals surface area contributed by atoms with Gasteiger partial charge in [-0.05, 0) is 29.7 Å². The number of hydrazone groups is 1. The molecule has 0 aliphatic rings. The van der Waals surface area contributed by atoms with Gasteiger partial charge >= 0.3 is 0 Å². The largest absolute Gasteiger partial charge is 0.271 e. The van der Waals surface area contributed by atoms with Crippen LogP contribution in [-0.2, 0) is 6.42 Å². The Kier molecular flexibility index (Phi) is 4.45. The Bertz CT molecular complexity index is 559. The van der Waals surface area contributed by atoms with Gasteiger partial charge < -0.3 is 0 Å². The van der Waals surface area contributed by atoms with Gasteiger partial charge in [0.1, 0.15) is 0 Å². The summed E-state index contributed by atoms with van der Waals surface area (Å²) < 4.78 is 0. The van der Waals surface area contributed by atoms with Crippen LogP contribution in [0.3, 0.4) is 0 Å². The summed E-state index contributed by atoms with van der Waals surface area (Å²) in [5.74, 6) is -0.206. The predicted molar refractivity (Wildman–Crippen MR) is 77.3 cm³/mol. The number of hydrogen-bond acceptors (Lipinski definition) is 2. The van der Waals surface area contributed by atoms with Crippen LogP contribution in [0.2, 0.25) is 0 Å². The molecular weight excluding hydrogens is 236 g/mol. The van der Waals surface area contributed by atoms with Crippen molar-refractivity contribution in [3.05, 3.63) is 71.3 Å². The first kappa shape index (κ1) is 13.0. The lowest BCUT2D eigenvalue weighted by molar-refractivity contribution is 0.0955. The fourth-order valence-corrected chi connectivity index (χ4v) is 1.66. The van der Waals surface area contributed by atoms with Gasteiger partial charge in [-0.1, -0.05) is 49.4 Å². The molecule has 0 heterocycles. The van der Waals surface area contributed by atoms with Gasteiger partial charge in [-0.25, -0.2) is 5.43 Å². The predicted octanol–water partition coefficient (Wildman–Crippen LogP) is 3.01. The molecule has 0 aliphatic carbocycles. The molecule has 0 aromatic heterocycles. The molecular formula is C16H16N2O. The number of amides is 1. The second kappa shape index (κ2) is 6.50. The van der Waals surface area contributed by atoms with Gasteiger partial charge in [0.05, 0.1) is 6.21 Å². The second-order valence-corrected chi connectivity index (χ2v) is 4.16. The van der Waals surface area contributed by atoms with Crippen molar-refractivity contribution in [3.63, 3.8) is 0 Å². The third-order valence-electron chi connectivity index (χ3n) is 2.80. The Hall–Kier alpha value is -2.42. The average molecular weight is 252 g/mol. The highest BCUT2D eigenvalue weighted by Gasteiger charge is 2.01. The molecule has 1 N–H and O–H groups in total.